The first-order chi connectivity index (χ1) is 8.99. The van der Waals surface area contributed by atoms with Gasteiger partial charge in [0.15, 0.2) is 5.78 Å². The number of halogens is 1. The van der Waals surface area contributed by atoms with E-state index in [1.54, 1.807) is 12.1 Å². The van der Waals surface area contributed by atoms with Crippen LogP contribution in [0, 0.1) is 5.92 Å². The van der Waals surface area contributed by atoms with Crippen molar-refractivity contribution < 1.29 is 9.59 Å². The van der Waals surface area contributed by atoms with Crippen LogP contribution in [0.5, 0.6) is 0 Å². The molecule has 2 N–H and O–H groups in total. The van der Waals surface area contributed by atoms with E-state index in [1.807, 2.05) is 6.07 Å². The maximum absolute atomic E-state index is 11.3. The van der Waals surface area contributed by atoms with Crippen LogP contribution in [0.4, 0.5) is 5.69 Å². The number of carbonyl (C=O) groups excluding carboxylic acids is 2. The number of piperidine rings is 1. The third-order valence-electron chi connectivity index (χ3n) is 3.59. The Labute approximate surface area is 117 Å². The molecular weight excluding hydrogens is 264 g/mol. The molecule has 0 atom stereocenters. The number of amides is 1. The van der Waals surface area contributed by atoms with Crippen LogP contribution in [0.15, 0.2) is 18.2 Å². The molecule has 1 aromatic carbocycles. The second-order valence-corrected chi connectivity index (χ2v) is 5.29. The molecule has 1 amide bonds. The molecule has 102 valence electrons. The summed E-state index contributed by atoms with van der Waals surface area (Å²) in [5.74, 6) is -0.259. The number of nitrogens with zero attached hydrogens (tertiary/aromatic N) is 1. The van der Waals surface area contributed by atoms with Crippen molar-refractivity contribution in [2.75, 3.05) is 18.0 Å². The number of primary amides is 1. The zero-order chi connectivity index (χ0) is 14.0. The highest BCUT2D eigenvalue weighted by atomic mass is 35.5. The largest absolute Gasteiger partial charge is 0.370 e. The first kappa shape index (κ1) is 13.9. The average molecular weight is 281 g/mol. The molecular formula is C14H17ClN2O2. The van der Waals surface area contributed by atoms with E-state index in [-0.39, 0.29) is 17.6 Å². The zero-order valence-corrected chi connectivity index (χ0v) is 11.6. The second kappa shape index (κ2) is 5.61. The number of hydrogen-bond donors (Lipinski definition) is 1. The fourth-order valence-corrected chi connectivity index (χ4v) is 2.69. The Balaban J connectivity index is 2.11. The normalized spacial score (nSPS) is 16.4. The lowest BCUT2D eigenvalue weighted by molar-refractivity contribution is -0.122. The van der Waals surface area contributed by atoms with Gasteiger partial charge in [0.05, 0.1) is 10.7 Å². The summed E-state index contributed by atoms with van der Waals surface area (Å²) >= 11 is 6.22. The third kappa shape index (κ3) is 3.07. The number of anilines is 1. The van der Waals surface area contributed by atoms with E-state index < -0.39 is 0 Å². The van der Waals surface area contributed by atoms with Gasteiger partial charge in [-0.1, -0.05) is 11.6 Å². The number of hydrogen-bond acceptors (Lipinski definition) is 3. The van der Waals surface area contributed by atoms with E-state index in [2.05, 4.69) is 4.90 Å². The lowest BCUT2D eigenvalue weighted by atomic mass is 9.96. The number of ketones is 1. The second-order valence-electron chi connectivity index (χ2n) is 4.89. The van der Waals surface area contributed by atoms with E-state index in [0.717, 1.165) is 31.6 Å². The lowest BCUT2D eigenvalue weighted by Crippen LogP contribution is -2.38. The third-order valence-corrected chi connectivity index (χ3v) is 3.89. The van der Waals surface area contributed by atoms with Crippen molar-refractivity contribution in [2.24, 2.45) is 11.7 Å². The first-order valence-corrected chi connectivity index (χ1v) is 6.71. The zero-order valence-electron chi connectivity index (χ0n) is 10.9. The average Bonchev–Trinajstić information content (AvgIpc) is 2.38. The highest BCUT2D eigenvalue weighted by Crippen LogP contribution is 2.30. The molecule has 0 unspecified atom stereocenters. The smallest absolute Gasteiger partial charge is 0.220 e. The minimum absolute atomic E-state index is 0.000821. The lowest BCUT2D eigenvalue weighted by Gasteiger charge is -2.33. The number of benzene rings is 1. The van der Waals surface area contributed by atoms with Crippen LogP contribution in [0.2, 0.25) is 5.02 Å². The summed E-state index contributed by atoms with van der Waals surface area (Å²) in [4.78, 5) is 24.5. The maximum atomic E-state index is 11.3. The topological polar surface area (TPSA) is 63.4 Å². The van der Waals surface area contributed by atoms with E-state index in [1.165, 1.54) is 6.92 Å². The molecule has 1 aromatic rings. The molecule has 1 saturated heterocycles. The molecule has 0 spiro atoms. The van der Waals surface area contributed by atoms with E-state index in [4.69, 9.17) is 17.3 Å². The molecule has 4 nitrogen and oxygen atoms in total. The van der Waals surface area contributed by atoms with Gasteiger partial charge in [0.25, 0.3) is 0 Å². The van der Waals surface area contributed by atoms with Gasteiger partial charge in [0.1, 0.15) is 0 Å². The molecule has 2 rings (SSSR count). The SMILES string of the molecule is CC(=O)c1ccc(N2CCC(C(N)=O)CC2)c(Cl)c1. The van der Waals surface area contributed by atoms with Crippen LogP contribution < -0.4 is 10.6 Å². The van der Waals surface area contributed by atoms with Crippen LogP contribution in [-0.2, 0) is 4.79 Å². The molecule has 1 fully saturated rings. The Morgan fingerprint density at radius 3 is 2.42 bits per heavy atom. The highest BCUT2D eigenvalue weighted by Gasteiger charge is 2.24. The highest BCUT2D eigenvalue weighted by molar-refractivity contribution is 6.33. The van der Waals surface area contributed by atoms with Gasteiger partial charge in [-0.2, -0.15) is 0 Å². The fraction of sp³-hybridized carbons (Fsp3) is 0.429. The summed E-state index contributed by atoms with van der Waals surface area (Å²) in [5, 5.41) is 0.574. The van der Waals surface area contributed by atoms with Crippen LogP contribution in [0.1, 0.15) is 30.1 Å². The summed E-state index contributed by atoms with van der Waals surface area (Å²) in [7, 11) is 0. The van der Waals surface area contributed by atoms with Crippen molar-refractivity contribution in [3.05, 3.63) is 28.8 Å². The minimum atomic E-state index is -0.224. The van der Waals surface area contributed by atoms with Gasteiger partial charge in [0, 0.05) is 24.6 Å². The van der Waals surface area contributed by atoms with Gasteiger partial charge in [-0.05, 0) is 38.0 Å². The Hall–Kier alpha value is -1.55. The Morgan fingerprint density at radius 2 is 1.95 bits per heavy atom. The number of carbonyl (C=O) groups is 2. The summed E-state index contributed by atoms with van der Waals surface area (Å²) < 4.78 is 0. The van der Waals surface area contributed by atoms with Gasteiger partial charge in [-0.15, -0.1) is 0 Å². The number of nitrogens with two attached hydrogens (primary N) is 1. The van der Waals surface area contributed by atoms with Crippen molar-refractivity contribution in [1.82, 2.24) is 0 Å². The standard InChI is InChI=1S/C14H17ClN2O2/c1-9(18)11-2-3-13(12(15)8-11)17-6-4-10(5-7-17)14(16)19/h2-3,8,10H,4-7H2,1H3,(H2,16,19). The predicted molar refractivity (Wildman–Crippen MR) is 75.6 cm³/mol. The quantitative estimate of drug-likeness (QED) is 0.864. The monoisotopic (exact) mass is 280 g/mol. The van der Waals surface area contributed by atoms with E-state index in [0.29, 0.717) is 10.6 Å². The van der Waals surface area contributed by atoms with E-state index in [9.17, 15) is 9.59 Å². The molecule has 0 radical (unpaired) electrons. The minimum Gasteiger partial charge on any atom is -0.370 e. The van der Waals surface area contributed by atoms with Gasteiger partial charge < -0.3 is 10.6 Å². The molecule has 0 aliphatic carbocycles. The van der Waals surface area contributed by atoms with Crippen LogP contribution in [-0.4, -0.2) is 24.8 Å². The first-order valence-electron chi connectivity index (χ1n) is 6.34. The van der Waals surface area contributed by atoms with Crippen molar-refractivity contribution in [3.8, 4) is 0 Å². The molecule has 0 aromatic heterocycles. The van der Waals surface area contributed by atoms with Crippen LogP contribution in [0.3, 0.4) is 0 Å². The Kier molecular flexibility index (Phi) is 4.10. The van der Waals surface area contributed by atoms with Crippen molar-refractivity contribution in [1.29, 1.82) is 0 Å². The van der Waals surface area contributed by atoms with E-state index >= 15 is 0 Å². The Morgan fingerprint density at radius 1 is 1.32 bits per heavy atom. The molecule has 1 heterocycles. The predicted octanol–water partition coefficient (Wildman–Crippen LogP) is 2.24. The fourth-order valence-electron chi connectivity index (χ4n) is 2.39. The molecule has 1 aliphatic heterocycles. The number of rotatable bonds is 3. The van der Waals surface area contributed by atoms with Crippen LogP contribution >= 0.6 is 11.6 Å². The van der Waals surface area contributed by atoms with Crippen molar-refractivity contribution in [3.63, 3.8) is 0 Å². The van der Waals surface area contributed by atoms with Gasteiger partial charge >= 0.3 is 0 Å². The number of Topliss-reactive ketones (excluding diaryl/α,β-unsaturated/α-hetero) is 1. The molecule has 5 heteroatoms. The van der Waals surface area contributed by atoms with Gasteiger partial charge in [-0.25, -0.2) is 0 Å². The maximum Gasteiger partial charge on any atom is 0.220 e. The summed E-state index contributed by atoms with van der Waals surface area (Å²) in [6, 6.07) is 5.34. The molecule has 1 aliphatic rings. The van der Waals surface area contributed by atoms with Crippen LogP contribution in [0.25, 0.3) is 0 Å². The van der Waals surface area contributed by atoms with Crippen molar-refractivity contribution in [2.45, 2.75) is 19.8 Å². The summed E-state index contributed by atoms with van der Waals surface area (Å²) in [6.07, 6.45) is 1.50. The molecule has 0 bridgehead atoms. The summed E-state index contributed by atoms with van der Waals surface area (Å²) in [6.45, 7) is 3.03. The van der Waals surface area contributed by atoms with Crippen molar-refractivity contribution >= 4 is 29.0 Å². The van der Waals surface area contributed by atoms with Gasteiger partial charge in [0.2, 0.25) is 5.91 Å². The summed E-state index contributed by atoms with van der Waals surface area (Å²) in [5.41, 5.74) is 6.84. The van der Waals surface area contributed by atoms with Gasteiger partial charge in [-0.3, -0.25) is 9.59 Å². The Bertz CT molecular complexity index is 508. The molecule has 0 saturated carbocycles. The molecule has 19 heavy (non-hydrogen) atoms.